The summed E-state index contributed by atoms with van der Waals surface area (Å²) in [4.78, 5) is 19.2. The second-order valence-electron chi connectivity index (χ2n) is 7.65. The molecule has 1 unspecified atom stereocenters. The normalized spacial score (nSPS) is 15.9. The van der Waals surface area contributed by atoms with E-state index in [0.717, 1.165) is 18.4 Å². The van der Waals surface area contributed by atoms with Crippen molar-refractivity contribution >= 4 is 17.5 Å². The zero-order valence-corrected chi connectivity index (χ0v) is 17.8. The summed E-state index contributed by atoms with van der Waals surface area (Å²) in [6, 6.07) is 15.0. The monoisotopic (exact) mass is 451 g/mol. The van der Waals surface area contributed by atoms with Crippen LogP contribution in [0.1, 0.15) is 46.7 Å². The largest absolute Gasteiger partial charge is 0.443 e. The number of nitrogens with zero attached hydrogens (tertiary/aromatic N) is 3. The number of oxazole rings is 1. The van der Waals surface area contributed by atoms with Gasteiger partial charge < -0.3 is 13.8 Å². The van der Waals surface area contributed by atoms with E-state index in [1.54, 1.807) is 29.3 Å². The van der Waals surface area contributed by atoms with E-state index in [-0.39, 0.29) is 29.0 Å². The summed E-state index contributed by atoms with van der Waals surface area (Å²) in [7, 11) is 0. The van der Waals surface area contributed by atoms with E-state index in [4.69, 9.17) is 20.5 Å². The quantitative estimate of drug-likeness (QED) is 0.389. The van der Waals surface area contributed by atoms with Crippen molar-refractivity contribution in [3.8, 4) is 11.3 Å². The van der Waals surface area contributed by atoms with Crippen molar-refractivity contribution in [2.75, 3.05) is 6.54 Å². The Balaban J connectivity index is 1.34. The molecule has 0 radical (unpaired) electrons. The first-order valence-corrected chi connectivity index (χ1v) is 10.7. The average molecular weight is 452 g/mol. The Bertz CT molecular complexity index is 1270. The van der Waals surface area contributed by atoms with Crippen molar-refractivity contribution in [3.63, 3.8) is 0 Å². The highest BCUT2D eigenvalue weighted by Crippen LogP contribution is 2.34. The molecule has 2 aromatic heterocycles. The standard InChI is InChI=1S/C24H19ClFN3O3/c25-18-8-3-1-6-15(18)12-16-14-27-23(31-16)21-10-5-11-29(21)24(30)22-13-20(28-32-22)17-7-2-4-9-19(17)26/h1-4,6-9,13-14,21H,5,10-12H2. The van der Waals surface area contributed by atoms with Gasteiger partial charge in [0.25, 0.3) is 5.91 Å². The van der Waals surface area contributed by atoms with Crippen LogP contribution in [-0.4, -0.2) is 27.5 Å². The zero-order chi connectivity index (χ0) is 22.1. The topological polar surface area (TPSA) is 72.4 Å². The third-order valence-electron chi connectivity index (χ3n) is 5.56. The summed E-state index contributed by atoms with van der Waals surface area (Å²) < 4.78 is 25.3. The minimum absolute atomic E-state index is 0.0537. The van der Waals surface area contributed by atoms with Gasteiger partial charge in [-0.3, -0.25) is 4.79 Å². The van der Waals surface area contributed by atoms with E-state index < -0.39 is 5.82 Å². The smallest absolute Gasteiger partial charge is 0.293 e. The number of carbonyl (C=O) groups excluding carboxylic acids is 1. The van der Waals surface area contributed by atoms with Gasteiger partial charge in [0.15, 0.2) is 0 Å². The summed E-state index contributed by atoms with van der Waals surface area (Å²) >= 11 is 6.24. The van der Waals surface area contributed by atoms with E-state index in [2.05, 4.69) is 10.1 Å². The molecule has 1 atom stereocenters. The van der Waals surface area contributed by atoms with Crippen LogP contribution in [0.2, 0.25) is 5.02 Å². The molecule has 162 valence electrons. The van der Waals surface area contributed by atoms with Crippen LogP contribution in [0.4, 0.5) is 4.39 Å². The Labute approximate surface area is 188 Å². The molecular weight excluding hydrogens is 433 g/mol. The van der Waals surface area contributed by atoms with Gasteiger partial charge in [0.1, 0.15) is 23.3 Å². The summed E-state index contributed by atoms with van der Waals surface area (Å²) in [5.41, 5.74) is 1.50. The maximum atomic E-state index is 14.0. The zero-order valence-electron chi connectivity index (χ0n) is 17.0. The Hall–Kier alpha value is -3.45. The van der Waals surface area contributed by atoms with E-state index >= 15 is 0 Å². The molecule has 0 aliphatic carbocycles. The lowest BCUT2D eigenvalue weighted by atomic mass is 10.1. The fourth-order valence-electron chi connectivity index (χ4n) is 3.97. The van der Waals surface area contributed by atoms with Crippen molar-refractivity contribution < 1.29 is 18.1 Å². The third-order valence-corrected chi connectivity index (χ3v) is 5.93. The molecule has 32 heavy (non-hydrogen) atoms. The number of likely N-dealkylation sites (tertiary alicyclic amines) is 1. The summed E-state index contributed by atoms with van der Waals surface area (Å²) in [5.74, 6) is 0.455. The fourth-order valence-corrected chi connectivity index (χ4v) is 4.17. The summed E-state index contributed by atoms with van der Waals surface area (Å²) in [6.45, 7) is 0.543. The fraction of sp³-hybridized carbons (Fsp3) is 0.208. The second kappa shape index (κ2) is 8.59. The number of carbonyl (C=O) groups is 1. The van der Waals surface area contributed by atoms with Crippen molar-refractivity contribution in [2.45, 2.75) is 25.3 Å². The number of halogens is 2. The lowest BCUT2D eigenvalue weighted by Crippen LogP contribution is -2.30. The number of rotatable bonds is 5. The molecule has 8 heteroatoms. The molecule has 4 aromatic rings. The molecule has 0 bridgehead atoms. The van der Waals surface area contributed by atoms with Crippen LogP contribution in [0.15, 0.2) is 69.7 Å². The minimum atomic E-state index is -0.426. The van der Waals surface area contributed by atoms with Crippen molar-refractivity contribution in [2.24, 2.45) is 0 Å². The number of aromatic nitrogens is 2. The first-order valence-electron chi connectivity index (χ1n) is 10.3. The Morgan fingerprint density at radius 3 is 2.84 bits per heavy atom. The van der Waals surface area contributed by atoms with Gasteiger partial charge in [-0.05, 0) is 36.6 Å². The molecule has 1 saturated heterocycles. The molecule has 6 nitrogen and oxygen atoms in total. The first-order chi connectivity index (χ1) is 15.6. The lowest BCUT2D eigenvalue weighted by Gasteiger charge is -2.20. The van der Waals surface area contributed by atoms with E-state index in [1.165, 1.54) is 12.1 Å². The number of hydrogen-bond acceptors (Lipinski definition) is 5. The van der Waals surface area contributed by atoms with Gasteiger partial charge >= 0.3 is 0 Å². The van der Waals surface area contributed by atoms with Gasteiger partial charge in [-0.15, -0.1) is 0 Å². The molecule has 5 rings (SSSR count). The van der Waals surface area contributed by atoms with Crippen LogP contribution in [0.5, 0.6) is 0 Å². The average Bonchev–Trinajstić information content (AvgIpc) is 3.56. The Kier molecular flexibility index (Phi) is 5.49. The highest BCUT2D eigenvalue weighted by molar-refractivity contribution is 6.31. The molecule has 0 N–H and O–H groups in total. The maximum absolute atomic E-state index is 14.0. The van der Waals surface area contributed by atoms with E-state index in [0.29, 0.717) is 29.6 Å². The molecule has 2 aromatic carbocycles. The molecule has 0 saturated carbocycles. The van der Waals surface area contributed by atoms with E-state index in [1.807, 2.05) is 24.3 Å². The van der Waals surface area contributed by atoms with Gasteiger partial charge in [-0.1, -0.05) is 47.1 Å². The van der Waals surface area contributed by atoms with E-state index in [9.17, 15) is 9.18 Å². The molecular formula is C24H19ClFN3O3. The van der Waals surface area contributed by atoms with Crippen LogP contribution < -0.4 is 0 Å². The second-order valence-corrected chi connectivity index (χ2v) is 8.05. The molecule has 0 spiro atoms. The van der Waals surface area contributed by atoms with Crippen molar-refractivity contribution in [3.05, 3.63) is 94.6 Å². The Morgan fingerprint density at radius 2 is 2.00 bits per heavy atom. The van der Waals surface area contributed by atoms with Crippen LogP contribution >= 0.6 is 11.6 Å². The molecule has 1 fully saturated rings. The highest BCUT2D eigenvalue weighted by atomic mass is 35.5. The van der Waals surface area contributed by atoms with Crippen LogP contribution in [-0.2, 0) is 6.42 Å². The molecule has 3 heterocycles. The third kappa shape index (κ3) is 3.91. The predicted molar refractivity (Wildman–Crippen MR) is 116 cm³/mol. The maximum Gasteiger partial charge on any atom is 0.293 e. The van der Waals surface area contributed by atoms with Gasteiger partial charge in [0.05, 0.1) is 6.20 Å². The number of amides is 1. The van der Waals surface area contributed by atoms with Crippen molar-refractivity contribution in [1.29, 1.82) is 0 Å². The van der Waals surface area contributed by atoms with Crippen LogP contribution in [0, 0.1) is 5.82 Å². The summed E-state index contributed by atoms with van der Waals surface area (Å²) in [6.07, 6.45) is 3.73. The SMILES string of the molecule is O=C(c1cc(-c2ccccc2F)no1)N1CCCC1c1ncc(Cc2ccccc2Cl)o1. The highest BCUT2D eigenvalue weighted by Gasteiger charge is 2.35. The van der Waals surface area contributed by atoms with Gasteiger partial charge in [0, 0.05) is 29.6 Å². The molecule has 1 amide bonds. The van der Waals surface area contributed by atoms with Gasteiger partial charge in [-0.25, -0.2) is 9.37 Å². The van der Waals surface area contributed by atoms with Crippen molar-refractivity contribution in [1.82, 2.24) is 15.0 Å². The first kappa shape index (κ1) is 20.5. The Morgan fingerprint density at radius 1 is 1.19 bits per heavy atom. The van der Waals surface area contributed by atoms with Gasteiger partial charge in [-0.2, -0.15) is 0 Å². The lowest BCUT2D eigenvalue weighted by molar-refractivity contribution is 0.0672. The number of benzene rings is 2. The molecule has 1 aliphatic rings. The minimum Gasteiger partial charge on any atom is -0.443 e. The van der Waals surface area contributed by atoms with Crippen LogP contribution in [0.25, 0.3) is 11.3 Å². The van der Waals surface area contributed by atoms with Crippen LogP contribution in [0.3, 0.4) is 0 Å². The predicted octanol–water partition coefficient (Wildman–Crippen LogP) is 5.69. The molecule has 1 aliphatic heterocycles. The van der Waals surface area contributed by atoms with Gasteiger partial charge in [0.2, 0.25) is 11.7 Å². The number of hydrogen-bond donors (Lipinski definition) is 0. The summed E-state index contributed by atoms with van der Waals surface area (Å²) in [5, 5.41) is 4.55.